The van der Waals surface area contributed by atoms with Gasteiger partial charge in [-0.05, 0) is 42.8 Å². The maximum atomic E-state index is 12.7. The topological polar surface area (TPSA) is 102 Å². The Bertz CT molecular complexity index is 1070. The molecule has 2 aromatic rings. The smallest absolute Gasteiger partial charge is 0.340 e. The van der Waals surface area contributed by atoms with Crippen LogP contribution in [0.15, 0.2) is 41.3 Å². The molecule has 1 amide bonds. The summed E-state index contributed by atoms with van der Waals surface area (Å²) in [5.74, 6) is -1.03. The summed E-state index contributed by atoms with van der Waals surface area (Å²) in [4.78, 5) is 24.6. The molecule has 2 aromatic carbocycles. The number of esters is 1. The van der Waals surface area contributed by atoms with Crippen molar-refractivity contribution in [2.24, 2.45) is 0 Å². The maximum Gasteiger partial charge on any atom is 0.340 e. The Morgan fingerprint density at radius 1 is 1.10 bits per heavy atom. The van der Waals surface area contributed by atoms with Crippen molar-refractivity contribution in [1.29, 1.82) is 0 Å². The average molecular weight is 469 g/mol. The van der Waals surface area contributed by atoms with Gasteiger partial charge in [0.1, 0.15) is 5.75 Å². The molecular formula is C21H25ClN2O6S. The van der Waals surface area contributed by atoms with Crippen molar-refractivity contribution >= 4 is 39.2 Å². The van der Waals surface area contributed by atoms with Crippen LogP contribution in [-0.4, -0.2) is 51.4 Å². The highest BCUT2D eigenvalue weighted by molar-refractivity contribution is 7.89. The van der Waals surface area contributed by atoms with E-state index >= 15 is 0 Å². The van der Waals surface area contributed by atoms with E-state index in [1.54, 1.807) is 26.0 Å². The number of carbonyl (C=O) groups excluding carboxylic acids is 2. The number of halogens is 1. The Kier molecular flexibility index (Phi) is 8.43. The van der Waals surface area contributed by atoms with Crippen molar-refractivity contribution in [2.75, 3.05) is 32.1 Å². The first-order valence-corrected chi connectivity index (χ1v) is 11.4. The molecule has 10 heteroatoms. The van der Waals surface area contributed by atoms with Gasteiger partial charge in [-0.1, -0.05) is 31.5 Å². The van der Waals surface area contributed by atoms with Crippen molar-refractivity contribution in [2.45, 2.75) is 25.7 Å². The third-order valence-electron chi connectivity index (χ3n) is 4.46. The molecule has 0 aromatic heterocycles. The number of ether oxygens (including phenoxy) is 2. The summed E-state index contributed by atoms with van der Waals surface area (Å²) < 4.78 is 36.9. The monoisotopic (exact) mass is 468 g/mol. The summed E-state index contributed by atoms with van der Waals surface area (Å²) in [6.45, 7) is 5.27. The Hall–Kier alpha value is -2.62. The zero-order chi connectivity index (χ0) is 23.2. The minimum Gasteiger partial charge on any atom is -0.495 e. The highest BCUT2D eigenvalue weighted by Gasteiger charge is 2.24. The fourth-order valence-electron chi connectivity index (χ4n) is 2.85. The van der Waals surface area contributed by atoms with Crippen molar-refractivity contribution in [1.82, 2.24) is 4.31 Å². The number of rotatable bonds is 9. The molecule has 31 heavy (non-hydrogen) atoms. The highest BCUT2D eigenvalue weighted by Crippen LogP contribution is 2.26. The second kappa shape index (κ2) is 10.6. The first-order valence-electron chi connectivity index (χ1n) is 9.55. The van der Waals surface area contributed by atoms with E-state index in [0.717, 1.165) is 11.6 Å². The largest absolute Gasteiger partial charge is 0.495 e. The summed E-state index contributed by atoms with van der Waals surface area (Å²) >= 11 is 6.06. The molecule has 0 spiro atoms. The van der Waals surface area contributed by atoms with Crippen LogP contribution in [0.3, 0.4) is 0 Å². The van der Waals surface area contributed by atoms with Crippen LogP contribution in [0, 0.1) is 6.92 Å². The van der Waals surface area contributed by atoms with E-state index in [1.165, 1.54) is 23.5 Å². The first kappa shape index (κ1) is 24.6. The van der Waals surface area contributed by atoms with E-state index in [9.17, 15) is 18.0 Å². The van der Waals surface area contributed by atoms with E-state index in [1.807, 2.05) is 13.0 Å². The lowest BCUT2D eigenvalue weighted by atomic mass is 10.2. The second-order valence-corrected chi connectivity index (χ2v) is 8.90. The quantitative estimate of drug-likeness (QED) is 0.565. The normalized spacial score (nSPS) is 11.3. The van der Waals surface area contributed by atoms with Crippen LogP contribution in [-0.2, 0) is 19.6 Å². The number of amides is 1. The van der Waals surface area contributed by atoms with Crippen molar-refractivity contribution in [3.63, 3.8) is 0 Å². The Balaban J connectivity index is 2.14. The number of hydrogen-bond acceptors (Lipinski definition) is 6. The number of anilines is 1. The zero-order valence-electron chi connectivity index (χ0n) is 17.8. The zero-order valence-corrected chi connectivity index (χ0v) is 19.3. The van der Waals surface area contributed by atoms with Crippen LogP contribution in [0.4, 0.5) is 5.69 Å². The van der Waals surface area contributed by atoms with Gasteiger partial charge < -0.3 is 14.8 Å². The van der Waals surface area contributed by atoms with Gasteiger partial charge in [0.05, 0.1) is 28.3 Å². The van der Waals surface area contributed by atoms with Gasteiger partial charge in [-0.2, -0.15) is 4.31 Å². The van der Waals surface area contributed by atoms with E-state index < -0.39 is 28.5 Å². The fourth-order valence-corrected chi connectivity index (χ4v) is 4.53. The van der Waals surface area contributed by atoms with Gasteiger partial charge in [0, 0.05) is 13.1 Å². The SMILES string of the molecule is CCN(CC)S(=O)(=O)c1ccc(Cl)c(C(=O)OCC(=O)Nc2cc(C)ccc2OC)c1. The number of nitrogens with one attached hydrogen (secondary N) is 1. The van der Waals surface area contributed by atoms with Gasteiger partial charge in [0.2, 0.25) is 10.0 Å². The van der Waals surface area contributed by atoms with Gasteiger partial charge in [0.15, 0.2) is 6.61 Å². The molecule has 1 N–H and O–H groups in total. The number of benzene rings is 2. The van der Waals surface area contributed by atoms with Gasteiger partial charge in [-0.15, -0.1) is 0 Å². The maximum absolute atomic E-state index is 12.7. The predicted molar refractivity (Wildman–Crippen MR) is 118 cm³/mol. The van der Waals surface area contributed by atoms with Gasteiger partial charge in [-0.25, -0.2) is 13.2 Å². The van der Waals surface area contributed by atoms with E-state index in [2.05, 4.69) is 5.32 Å². The summed E-state index contributed by atoms with van der Waals surface area (Å²) in [6, 6.07) is 9.04. The molecule has 0 unspecified atom stereocenters. The predicted octanol–water partition coefficient (Wildman–Crippen LogP) is 3.48. The lowest BCUT2D eigenvalue weighted by molar-refractivity contribution is -0.119. The van der Waals surface area contributed by atoms with Crippen molar-refractivity contribution in [3.05, 3.63) is 52.5 Å². The Morgan fingerprint density at radius 3 is 2.39 bits per heavy atom. The third-order valence-corrected chi connectivity index (χ3v) is 6.84. The molecule has 0 atom stereocenters. The van der Waals surface area contributed by atoms with Crippen molar-refractivity contribution < 1.29 is 27.5 Å². The number of sulfonamides is 1. The fraction of sp³-hybridized carbons (Fsp3) is 0.333. The Labute approximate surface area is 187 Å². The minimum atomic E-state index is -3.78. The molecule has 0 saturated heterocycles. The molecule has 2 rings (SSSR count). The van der Waals surface area contributed by atoms with Crippen LogP contribution < -0.4 is 10.1 Å². The first-order chi connectivity index (χ1) is 14.6. The number of nitrogens with zero attached hydrogens (tertiary/aromatic N) is 1. The summed E-state index contributed by atoms with van der Waals surface area (Å²) in [5.41, 5.74) is 1.20. The van der Waals surface area contributed by atoms with E-state index in [0.29, 0.717) is 11.4 Å². The summed E-state index contributed by atoms with van der Waals surface area (Å²) in [5, 5.41) is 2.63. The molecule has 168 valence electrons. The molecule has 0 fully saturated rings. The second-order valence-electron chi connectivity index (χ2n) is 6.56. The molecule has 8 nitrogen and oxygen atoms in total. The summed E-state index contributed by atoms with van der Waals surface area (Å²) in [6.07, 6.45) is 0. The molecule has 0 heterocycles. The number of carbonyl (C=O) groups is 2. The number of methoxy groups -OCH3 is 1. The minimum absolute atomic E-state index is 0.0178. The summed E-state index contributed by atoms with van der Waals surface area (Å²) in [7, 11) is -2.31. The molecule has 0 aliphatic heterocycles. The molecule has 0 saturated carbocycles. The lowest BCUT2D eigenvalue weighted by Gasteiger charge is -2.19. The average Bonchev–Trinajstić information content (AvgIpc) is 2.73. The van der Waals surface area contributed by atoms with Crippen LogP contribution in [0.25, 0.3) is 0 Å². The molecular weight excluding hydrogens is 444 g/mol. The molecule has 0 radical (unpaired) electrons. The number of hydrogen-bond donors (Lipinski definition) is 1. The highest BCUT2D eigenvalue weighted by atomic mass is 35.5. The third kappa shape index (κ3) is 5.96. The standard InChI is InChI=1S/C21H25ClN2O6S/c1-5-24(6-2)31(27,28)15-8-9-17(22)16(12-15)21(26)30-13-20(25)23-18-11-14(3)7-10-19(18)29-4/h7-12H,5-6,13H2,1-4H3,(H,23,25). The van der Waals surface area contributed by atoms with E-state index in [-0.39, 0.29) is 28.6 Å². The van der Waals surface area contributed by atoms with Crippen molar-refractivity contribution in [3.8, 4) is 5.75 Å². The lowest BCUT2D eigenvalue weighted by Crippen LogP contribution is -2.30. The van der Waals surface area contributed by atoms with Crippen LogP contribution in [0.2, 0.25) is 5.02 Å². The molecule has 0 aliphatic rings. The molecule has 0 aliphatic carbocycles. The number of aryl methyl sites for hydroxylation is 1. The molecule has 0 bridgehead atoms. The van der Waals surface area contributed by atoms with Gasteiger partial charge in [-0.3, -0.25) is 4.79 Å². The Morgan fingerprint density at radius 2 is 1.77 bits per heavy atom. The van der Waals surface area contributed by atoms with E-state index in [4.69, 9.17) is 21.1 Å². The van der Waals surface area contributed by atoms with Crippen LogP contribution in [0.5, 0.6) is 5.75 Å². The van der Waals surface area contributed by atoms with Gasteiger partial charge in [0.25, 0.3) is 5.91 Å². The van der Waals surface area contributed by atoms with Crippen LogP contribution >= 0.6 is 11.6 Å². The van der Waals surface area contributed by atoms with Crippen LogP contribution in [0.1, 0.15) is 29.8 Å². The van der Waals surface area contributed by atoms with Gasteiger partial charge >= 0.3 is 5.97 Å².